The van der Waals surface area contributed by atoms with Gasteiger partial charge in [-0.25, -0.2) is 0 Å². The number of hydrogen-bond donors (Lipinski definition) is 0. The minimum atomic E-state index is -0.0350. The van der Waals surface area contributed by atoms with Crippen molar-refractivity contribution in [1.82, 2.24) is 14.6 Å². The van der Waals surface area contributed by atoms with Crippen molar-refractivity contribution in [3.63, 3.8) is 0 Å². The third-order valence-corrected chi connectivity index (χ3v) is 5.20. The van der Waals surface area contributed by atoms with Crippen molar-refractivity contribution in [3.8, 4) is 11.3 Å². The third-order valence-electron chi connectivity index (χ3n) is 3.57. The number of nitrogens with zero attached hydrogens (tertiary/aromatic N) is 3. The molecule has 0 aliphatic rings. The van der Waals surface area contributed by atoms with Gasteiger partial charge in [0.2, 0.25) is 0 Å². The van der Waals surface area contributed by atoms with E-state index in [1.165, 1.54) is 15.7 Å². The molecule has 1 atom stereocenters. The summed E-state index contributed by atoms with van der Waals surface area (Å²) < 4.78 is 2.98. The van der Waals surface area contributed by atoms with E-state index in [0.717, 1.165) is 11.3 Å². The van der Waals surface area contributed by atoms with Crippen LogP contribution in [0.2, 0.25) is 0 Å². The fraction of sp³-hybridized carbons (Fsp3) is 0. The zero-order valence-corrected chi connectivity index (χ0v) is 15.2. The molecule has 23 heavy (non-hydrogen) atoms. The van der Waals surface area contributed by atoms with Crippen LogP contribution >= 0.6 is 11.3 Å². The molecule has 0 aliphatic carbocycles. The van der Waals surface area contributed by atoms with Crippen molar-refractivity contribution < 1.29 is 4.79 Å². The van der Waals surface area contributed by atoms with E-state index in [1.807, 2.05) is 35.7 Å². The summed E-state index contributed by atoms with van der Waals surface area (Å²) in [5.74, 6) is -0.0350. The molecule has 0 saturated carbocycles. The molecule has 4 rings (SSSR count). The van der Waals surface area contributed by atoms with Crippen LogP contribution in [-0.2, 0) is 0 Å². The van der Waals surface area contributed by atoms with E-state index in [-0.39, 0.29) is 5.78 Å². The number of carbonyl (C=O) groups excluding carboxylic acids is 1. The summed E-state index contributed by atoms with van der Waals surface area (Å²) in [5, 5.41) is 6.29. The average Bonchev–Trinajstić information content (AvgIpc) is 3.23. The maximum absolute atomic E-state index is 12.6. The number of benzene rings is 1. The number of carbonyl (C=O) groups is 1. The Balaban J connectivity index is 1.89. The summed E-state index contributed by atoms with van der Waals surface area (Å²) in [5.41, 5.74) is 3.12. The quantitative estimate of drug-likeness (QED) is 0.403. The van der Waals surface area contributed by atoms with Gasteiger partial charge < -0.3 is 0 Å². The van der Waals surface area contributed by atoms with Crippen LogP contribution in [0.4, 0.5) is 0 Å². The number of rotatable bonds is 3. The molecule has 1 aromatic carbocycles. The van der Waals surface area contributed by atoms with Crippen LogP contribution in [0.3, 0.4) is 0 Å². The van der Waals surface area contributed by atoms with Crippen molar-refractivity contribution in [1.29, 1.82) is 0 Å². The SMILES string of the molecule is O=C(c1cccs1)c1cnn2c(-c3cccc([AsH2])c3)ccnc12. The van der Waals surface area contributed by atoms with Crippen molar-refractivity contribution in [2.24, 2.45) is 0 Å². The van der Waals surface area contributed by atoms with Crippen LogP contribution in [0.5, 0.6) is 0 Å². The van der Waals surface area contributed by atoms with Gasteiger partial charge in [0.05, 0.1) is 0 Å². The van der Waals surface area contributed by atoms with Crippen molar-refractivity contribution >= 4 is 44.0 Å². The second-order valence-electron chi connectivity index (χ2n) is 5.06. The van der Waals surface area contributed by atoms with Gasteiger partial charge in [-0.05, 0) is 0 Å². The van der Waals surface area contributed by atoms with Gasteiger partial charge >= 0.3 is 145 Å². The Hall–Kier alpha value is -2.23. The predicted molar refractivity (Wildman–Crippen MR) is 94.4 cm³/mol. The molecule has 1 unspecified atom stereocenters. The molecule has 6 heteroatoms. The predicted octanol–water partition coefficient (Wildman–Crippen LogP) is 1.95. The Morgan fingerprint density at radius 2 is 2.09 bits per heavy atom. The first kappa shape index (κ1) is 14.4. The normalized spacial score (nSPS) is 11.0. The topological polar surface area (TPSA) is 47.3 Å². The van der Waals surface area contributed by atoms with Gasteiger partial charge in [0, 0.05) is 0 Å². The fourth-order valence-electron chi connectivity index (χ4n) is 2.51. The van der Waals surface area contributed by atoms with E-state index in [1.54, 1.807) is 33.8 Å². The van der Waals surface area contributed by atoms with E-state index in [9.17, 15) is 4.79 Å². The van der Waals surface area contributed by atoms with E-state index in [0.29, 0.717) is 16.1 Å². The Morgan fingerprint density at radius 3 is 2.87 bits per heavy atom. The van der Waals surface area contributed by atoms with Gasteiger partial charge in [-0.2, -0.15) is 0 Å². The van der Waals surface area contributed by atoms with E-state index < -0.39 is 0 Å². The maximum atomic E-state index is 12.6. The Morgan fingerprint density at radius 1 is 1.17 bits per heavy atom. The molecule has 0 aliphatic heterocycles. The summed E-state index contributed by atoms with van der Waals surface area (Å²) in [7, 11) is 0. The molecule has 3 heterocycles. The second kappa shape index (κ2) is 5.76. The zero-order chi connectivity index (χ0) is 15.8. The van der Waals surface area contributed by atoms with E-state index in [4.69, 9.17) is 0 Å². The van der Waals surface area contributed by atoms with Gasteiger partial charge in [0.15, 0.2) is 0 Å². The first-order chi connectivity index (χ1) is 11.2. The van der Waals surface area contributed by atoms with E-state index >= 15 is 0 Å². The molecule has 4 aromatic rings. The zero-order valence-electron chi connectivity index (χ0n) is 12.0. The molecule has 0 spiro atoms. The molecule has 0 N–H and O–H groups in total. The number of hydrogen-bond acceptors (Lipinski definition) is 4. The second-order valence-corrected chi connectivity index (χ2v) is 7.40. The Kier molecular flexibility index (Phi) is 3.60. The number of aromatic nitrogens is 3. The molecule has 4 nitrogen and oxygen atoms in total. The van der Waals surface area contributed by atoms with Gasteiger partial charge in [-0.1, -0.05) is 0 Å². The molecular formula is C17H12AsN3OS. The van der Waals surface area contributed by atoms with Crippen LogP contribution in [0.1, 0.15) is 15.2 Å². The summed E-state index contributed by atoms with van der Waals surface area (Å²) in [6.07, 6.45) is 3.33. The van der Waals surface area contributed by atoms with Crippen LogP contribution in [0.15, 0.2) is 60.2 Å². The van der Waals surface area contributed by atoms with Crippen molar-refractivity contribution in [3.05, 3.63) is 70.7 Å². The number of ketones is 1. The van der Waals surface area contributed by atoms with Crippen LogP contribution in [0.25, 0.3) is 16.9 Å². The molecule has 0 amide bonds. The molecule has 3 aromatic heterocycles. The van der Waals surface area contributed by atoms with Crippen LogP contribution in [-0.4, -0.2) is 37.2 Å². The van der Waals surface area contributed by atoms with Crippen molar-refractivity contribution in [2.75, 3.05) is 0 Å². The molecule has 0 radical (unpaired) electrons. The molecular weight excluding hydrogens is 369 g/mol. The Bertz CT molecular complexity index is 1010. The van der Waals surface area contributed by atoms with E-state index in [2.05, 4.69) is 22.2 Å². The summed E-state index contributed by atoms with van der Waals surface area (Å²) in [6, 6.07) is 13.9. The van der Waals surface area contributed by atoms with Gasteiger partial charge in [0.1, 0.15) is 0 Å². The number of thiophene rings is 1. The first-order valence-corrected chi connectivity index (χ1v) is 9.10. The summed E-state index contributed by atoms with van der Waals surface area (Å²) in [6.45, 7) is 0. The summed E-state index contributed by atoms with van der Waals surface area (Å²) in [4.78, 5) is 17.7. The molecule has 0 fully saturated rings. The fourth-order valence-corrected chi connectivity index (χ4v) is 3.80. The molecule has 0 bridgehead atoms. The van der Waals surface area contributed by atoms with Crippen molar-refractivity contribution in [2.45, 2.75) is 0 Å². The molecule has 0 saturated heterocycles. The first-order valence-electron chi connectivity index (χ1n) is 7.01. The van der Waals surface area contributed by atoms with Gasteiger partial charge in [-0.15, -0.1) is 0 Å². The number of fused-ring (bicyclic) bond motifs is 1. The standard InChI is InChI=1S/C17H12AsN3OS/c18-12-4-1-3-11(9-12)14-6-7-19-17-13(10-20-21(14)17)16(22)15-5-2-8-23-15/h1-10H,18H2. The van der Waals surface area contributed by atoms with Gasteiger partial charge in [0.25, 0.3) is 0 Å². The van der Waals surface area contributed by atoms with Crippen LogP contribution < -0.4 is 4.35 Å². The monoisotopic (exact) mass is 381 g/mol. The minimum absolute atomic E-state index is 0.0350. The van der Waals surface area contributed by atoms with Gasteiger partial charge in [-0.3, -0.25) is 0 Å². The third kappa shape index (κ3) is 2.52. The van der Waals surface area contributed by atoms with Crippen LogP contribution in [0, 0.1) is 0 Å². The Labute approximate surface area is 145 Å². The average molecular weight is 381 g/mol. The summed E-state index contributed by atoms with van der Waals surface area (Å²) >= 11 is 3.00. The molecule has 112 valence electrons.